The van der Waals surface area contributed by atoms with Crippen LogP contribution >= 0.6 is 56.7 Å². The summed E-state index contributed by atoms with van der Waals surface area (Å²) in [5, 5.41) is 86.8. The molecule has 124 heavy (non-hydrogen) atoms. The Labute approximate surface area is 723 Å². The summed E-state index contributed by atoms with van der Waals surface area (Å²) < 4.78 is 76.1. The van der Waals surface area contributed by atoms with Gasteiger partial charge in [0.05, 0.1) is 122 Å². The number of fused-ring (bicyclic) bond motifs is 5. The first-order valence-corrected chi connectivity index (χ1v) is 42.8. The van der Waals surface area contributed by atoms with E-state index >= 15 is 0 Å². The van der Waals surface area contributed by atoms with Crippen LogP contribution in [0.1, 0.15) is 149 Å². The molecule has 12 N–H and O–H groups in total. The average molecular weight is 1760 g/mol. The number of nitrogens with one attached hydrogen (secondary N) is 9. The van der Waals surface area contributed by atoms with E-state index in [0.29, 0.717) is 83.4 Å². The minimum absolute atomic E-state index is 0.0313. The number of rotatable bonds is 24. The fourth-order valence-electron chi connectivity index (χ4n) is 12.5. The third-order valence-corrected chi connectivity index (χ3v) is 23.5. The van der Waals surface area contributed by atoms with Crippen LogP contribution in [-0.4, -0.2) is 121 Å². The molecular weight excluding hydrogens is 1690 g/mol. The predicted octanol–water partition coefficient (Wildman–Crippen LogP) is 20.0. The van der Waals surface area contributed by atoms with Crippen molar-refractivity contribution >= 4 is 202 Å². The van der Waals surface area contributed by atoms with Crippen molar-refractivity contribution in [2.75, 3.05) is 13.2 Å². The number of aliphatic hydroxyl groups excluding tert-OH is 2. The number of hydrogen-bond acceptors (Lipinski definition) is 18. The monoisotopic (exact) mass is 1760 g/mol. The van der Waals surface area contributed by atoms with Gasteiger partial charge in [0, 0.05) is 87.7 Å². The Morgan fingerprint density at radius 1 is 0.419 bits per heavy atom. The molecule has 33 heteroatoms. The summed E-state index contributed by atoms with van der Waals surface area (Å²) in [6, 6.07) is 45.0. The van der Waals surface area contributed by atoms with Crippen LogP contribution in [0.3, 0.4) is 0 Å². The van der Waals surface area contributed by atoms with Gasteiger partial charge >= 0.3 is 5.97 Å². The normalized spacial score (nSPS) is 12.6. The molecule has 4 amide bonds. The van der Waals surface area contributed by atoms with Crippen LogP contribution in [0.15, 0.2) is 201 Å². The number of carbonyl (C=O) groups excluding carboxylic acids is 4. The van der Waals surface area contributed by atoms with Crippen molar-refractivity contribution in [3.63, 3.8) is 0 Å². The molecule has 17 aromatic rings. The fourth-order valence-corrected chi connectivity index (χ4v) is 15.6. The highest BCUT2D eigenvalue weighted by atomic mass is 32.1. The quantitative estimate of drug-likeness (QED) is 0.0250. The van der Waals surface area contributed by atoms with Crippen molar-refractivity contribution in [3.05, 3.63) is 318 Å². The summed E-state index contributed by atoms with van der Waals surface area (Å²) in [7, 11) is 0. The number of carboxylic acid groups (broad SMARTS) is 1. The standard InChI is InChI=1S/C22H18FN3O2S.C19H14FN3O2S.C19H20FN3O2S.C17H14FN3OS.C14H9FN2O2S/c23-18-12-20-17(19(25-26-20)9-8-15-7-4-10-29-15)11-16(18)22(28)24-21(13-27)14-5-2-1-3-6-14;20-16-10-18-15(17(22-23-18)6-5-13-4-2-8-26-13)9-14(16)19(24)21-11-12-3-1-7-25-12;1-11(2)18(10-24)21-19(25)13-8-14-16(6-5-12-4-3-7-26-12)22-23-17(14)9-15(13)20;18-14-9-16-13(8-12(14)17(22)19-10-3-4-10)15(20-21-16)6-5-11-2-1-7-23-11;15-11-7-13-10(6-9(11)14(18)19)12(16-17-13)4-3-8-2-1-5-20-8/h1-12,21,27H,13H2,(H,24,28)(H,25,26);1-10H,11H2,(H,21,24)(H,22,23);3-9,11,18,24H,10H2,1-2H3,(H,21,25)(H,22,23);1-2,5-10H,3-4H2,(H,19,22)(H,20,21);1-7H,(H,16,17)(H,18,19)/b9-8+;3*6-5+;4-3+/t21-;;18-;;/m1.1../s1. The second-order valence-electron chi connectivity index (χ2n) is 28.1. The molecule has 0 radical (unpaired) electrons. The Balaban J connectivity index is 0.000000127. The summed E-state index contributed by atoms with van der Waals surface area (Å²) >= 11 is 8.01. The molecule has 1 saturated carbocycles. The Morgan fingerprint density at radius 2 is 0.758 bits per heavy atom. The van der Waals surface area contributed by atoms with Crippen molar-refractivity contribution in [2.24, 2.45) is 5.92 Å². The van der Waals surface area contributed by atoms with E-state index in [9.17, 15) is 56.1 Å². The largest absolute Gasteiger partial charge is 0.478 e. The van der Waals surface area contributed by atoms with Crippen LogP contribution in [0.2, 0.25) is 0 Å². The lowest BCUT2D eigenvalue weighted by Crippen LogP contribution is -2.41. The molecule has 628 valence electrons. The van der Waals surface area contributed by atoms with Gasteiger partial charge in [-0.2, -0.15) is 25.5 Å². The zero-order valence-electron chi connectivity index (χ0n) is 65.6. The van der Waals surface area contributed by atoms with Crippen LogP contribution in [0.5, 0.6) is 0 Å². The van der Waals surface area contributed by atoms with Crippen LogP contribution < -0.4 is 21.3 Å². The predicted molar refractivity (Wildman–Crippen MR) is 481 cm³/mol. The van der Waals surface area contributed by atoms with Gasteiger partial charge in [-0.1, -0.05) is 74.5 Å². The topological polar surface area (TPSA) is 351 Å². The highest BCUT2D eigenvalue weighted by Gasteiger charge is 2.27. The zero-order chi connectivity index (χ0) is 86.8. The number of aromatic amines is 5. The van der Waals surface area contributed by atoms with E-state index in [2.05, 4.69) is 72.3 Å². The Morgan fingerprint density at radius 3 is 1.06 bits per heavy atom. The zero-order valence-corrected chi connectivity index (χ0v) is 69.7. The number of furan rings is 1. The maximum absolute atomic E-state index is 14.6. The highest BCUT2D eigenvalue weighted by Crippen LogP contribution is 2.31. The summed E-state index contributed by atoms with van der Waals surface area (Å²) in [5.74, 6) is -5.87. The number of amides is 4. The SMILES string of the molecule is CC(C)[C@@H](CO)NC(=O)c1cc2c(/C=C/c3cccs3)n[nH]c2cc1F.O=C(NC1CC1)c1cc2c(/C=C/c3cccs3)n[nH]c2cc1F.O=C(NCc1ccco1)c1cc2c(/C=C/c3cccs3)n[nH]c2cc1F.O=C(N[C@H](CO)c1ccccc1)c1cc2c(/C=C/c3cccs3)n[nH]c2cc1F.O=C(O)c1cc2c(/C=C/c3cccs3)n[nH]c2cc1F. The van der Waals surface area contributed by atoms with Gasteiger partial charge in [-0.05, 0) is 185 Å². The lowest BCUT2D eigenvalue weighted by molar-refractivity contribution is 0.0690. The molecule has 2 atom stereocenters. The molecule has 1 aliphatic rings. The minimum Gasteiger partial charge on any atom is -0.478 e. The van der Waals surface area contributed by atoms with E-state index in [0.717, 1.165) is 54.2 Å². The van der Waals surface area contributed by atoms with Gasteiger partial charge < -0.3 is 41.0 Å². The Kier molecular flexibility index (Phi) is 28.3. The third-order valence-electron chi connectivity index (χ3n) is 19.3. The van der Waals surface area contributed by atoms with Gasteiger partial charge in [0.25, 0.3) is 23.6 Å². The number of carboxylic acids is 1. The molecule has 1 fully saturated rings. The van der Waals surface area contributed by atoms with Crippen LogP contribution in [0, 0.1) is 35.0 Å². The van der Waals surface area contributed by atoms with E-state index < -0.39 is 64.9 Å². The second kappa shape index (κ2) is 40.6. The number of H-pyrrole nitrogens is 5. The number of aromatic carboxylic acids is 1. The molecule has 6 aromatic carbocycles. The van der Waals surface area contributed by atoms with Crippen molar-refractivity contribution in [3.8, 4) is 0 Å². The minimum atomic E-state index is -1.29. The number of halogens is 5. The lowest BCUT2D eigenvalue weighted by Gasteiger charge is -2.20. The van der Waals surface area contributed by atoms with Crippen molar-refractivity contribution < 1.29 is 65.7 Å². The molecule has 0 bridgehead atoms. The third kappa shape index (κ3) is 21.9. The Hall–Kier alpha value is -13.9. The highest BCUT2D eigenvalue weighted by molar-refractivity contribution is 7.12. The smallest absolute Gasteiger partial charge is 0.338 e. The molecule has 0 saturated heterocycles. The number of carbonyl (C=O) groups is 5. The number of hydrogen-bond donors (Lipinski definition) is 12. The van der Waals surface area contributed by atoms with Crippen molar-refractivity contribution in [1.29, 1.82) is 0 Å². The van der Waals surface area contributed by atoms with E-state index in [1.165, 1.54) is 54.8 Å². The summed E-state index contributed by atoms with van der Waals surface area (Å²) in [6.45, 7) is 3.46. The van der Waals surface area contributed by atoms with Crippen LogP contribution in [0.25, 0.3) is 115 Å². The van der Waals surface area contributed by atoms with Crippen LogP contribution in [-0.2, 0) is 6.54 Å². The molecular formula is C91H75F5N14O9S5. The van der Waals surface area contributed by atoms with Gasteiger partial charge in [-0.3, -0.25) is 44.7 Å². The van der Waals surface area contributed by atoms with Gasteiger partial charge in [0.15, 0.2) is 0 Å². The molecule has 0 unspecified atom stereocenters. The Bertz CT molecular complexity index is 6710. The molecule has 0 aliphatic heterocycles. The summed E-state index contributed by atoms with van der Waals surface area (Å²) in [5.41, 5.74) is 6.03. The number of aliphatic hydroxyl groups is 2. The molecule has 1 aliphatic carbocycles. The van der Waals surface area contributed by atoms with E-state index in [-0.39, 0.29) is 65.4 Å². The summed E-state index contributed by atoms with van der Waals surface area (Å²) in [4.78, 5) is 66.0. The maximum Gasteiger partial charge on any atom is 0.338 e. The first-order valence-electron chi connectivity index (χ1n) is 38.4. The molecule has 0 spiro atoms. The number of thiophene rings is 5. The van der Waals surface area contributed by atoms with E-state index in [1.807, 2.05) is 174 Å². The number of aromatic nitrogens is 10. The van der Waals surface area contributed by atoms with Gasteiger partial charge in [-0.25, -0.2) is 26.7 Å². The molecule has 11 heterocycles. The summed E-state index contributed by atoms with van der Waals surface area (Å²) in [6.07, 6.45) is 22.2. The van der Waals surface area contributed by atoms with Crippen molar-refractivity contribution in [2.45, 2.75) is 51.4 Å². The van der Waals surface area contributed by atoms with Gasteiger partial charge in [0.2, 0.25) is 0 Å². The first kappa shape index (κ1) is 86.5. The second-order valence-corrected chi connectivity index (χ2v) is 33.0. The van der Waals surface area contributed by atoms with Gasteiger partial charge in [0.1, 0.15) is 34.8 Å². The van der Waals surface area contributed by atoms with E-state index in [1.54, 1.807) is 93.1 Å². The number of benzene rings is 6. The average Bonchev–Trinajstić information content (AvgIpc) is 1.64. The maximum atomic E-state index is 14.6. The lowest BCUT2D eigenvalue weighted by atomic mass is 10.0. The van der Waals surface area contributed by atoms with E-state index in [4.69, 9.17) is 9.52 Å². The molecule has 23 nitrogen and oxygen atoms in total. The molecule has 18 rings (SSSR count). The fraction of sp³-hybridized carbons (Fsp3) is 0.121. The molecule has 11 aromatic heterocycles. The van der Waals surface area contributed by atoms with Crippen molar-refractivity contribution in [1.82, 2.24) is 72.3 Å². The van der Waals surface area contributed by atoms with Gasteiger partial charge in [-0.15, -0.1) is 56.7 Å². The number of nitrogens with zero attached hydrogens (tertiary/aromatic N) is 5. The first-order chi connectivity index (χ1) is 60.2. The van der Waals surface area contributed by atoms with Crippen LogP contribution in [0.4, 0.5) is 22.0 Å².